The van der Waals surface area contributed by atoms with Gasteiger partial charge in [-0.25, -0.2) is 0 Å². The number of rotatable bonds is 1. The number of thiocarbonyl (C=S) groups is 1. The van der Waals surface area contributed by atoms with Crippen LogP contribution in [0.3, 0.4) is 0 Å². The van der Waals surface area contributed by atoms with Crippen molar-refractivity contribution >= 4 is 49.8 Å². The van der Waals surface area contributed by atoms with Crippen LogP contribution in [0.5, 0.6) is 0 Å². The fourth-order valence-corrected chi connectivity index (χ4v) is 1.97. The van der Waals surface area contributed by atoms with Crippen molar-refractivity contribution in [3.63, 3.8) is 0 Å². The van der Waals surface area contributed by atoms with E-state index in [0.717, 1.165) is 20.9 Å². The molecule has 0 bridgehead atoms. The van der Waals surface area contributed by atoms with Crippen molar-refractivity contribution < 1.29 is 0 Å². The van der Waals surface area contributed by atoms with Gasteiger partial charge in [-0.05, 0) is 29.7 Å². The molecule has 1 nitrogen and oxygen atoms in total. The predicted octanol–water partition coefficient (Wildman–Crippen LogP) is 4.34. The molecule has 0 saturated heterocycles. The number of fused-ring (bicyclic) bond motifs is 1. The van der Waals surface area contributed by atoms with Crippen LogP contribution in [0.25, 0.3) is 10.8 Å². The van der Waals surface area contributed by atoms with Crippen LogP contribution in [-0.2, 0) is 0 Å². The first-order chi connectivity index (χ1) is 6.83. The molecule has 0 heterocycles. The Balaban J connectivity index is 2.88. The monoisotopic (exact) mass is 263 g/mol. The molecule has 0 unspecified atom stereocenters. The summed E-state index contributed by atoms with van der Waals surface area (Å²) in [5.41, 5.74) is 0.860. The van der Waals surface area contributed by atoms with Gasteiger partial charge in [0.1, 0.15) is 0 Å². The molecule has 14 heavy (non-hydrogen) atoms. The minimum atomic E-state index is 0.860. The van der Waals surface area contributed by atoms with Gasteiger partial charge in [0.2, 0.25) is 0 Å². The van der Waals surface area contributed by atoms with Crippen molar-refractivity contribution in [2.45, 2.75) is 0 Å². The van der Waals surface area contributed by atoms with E-state index >= 15 is 0 Å². The Kier molecular flexibility index (Phi) is 2.73. The molecule has 2 rings (SSSR count). The summed E-state index contributed by atoms with van der Waals surface area (Å²) >= 11 is 8.10. The Bertz CT molecular complexity index is 530. The molecule has 0 aliphatic rings. The molecule has 0 atom stereocenters. The largest absolute Gasteiger partial charge is 0.194 e. The number of nitrogens with zero attached hydrogens (tertiary/aromatic N) is 1. The molecular weight excluding hydrogens is 258 g/mol. The van der Waals surface area contributed by atoms with Gasteiger partial charge in [0.05, 0.1) is 10.8 Å². The third-order valence-corrected chi connectivity index (χ3v) is 2.80. The maximum absolute atomic E-state index is 4.60. The Morgan fingerprint density at radius 1 is 1.07 bits per heavy atom. The molecular formula is C11H6BrNS. The lowest BCUT2D eigenvalue weighted by atomic mass is 10.1. The molecule has 3 heteroatoms. The van der Waals surface area contributed by atoms with Gasteiger partial charge in [-0.1, -0.05) is 40.2 Å². The predicted molar refractivity (Wildman–Crippen MR) is 66.3 cm³/mol. The Hall–Kier alpha value is -1.02. The van der Waals surface area contributed by atoms with E-state index in [0.29, 0.717) is 0 Å². The summed E-state index contributed by atoms with van der Waals surface area (Å²) in [6.07, 6.45) is 0. The standard InChI is InChI=1S/C11H6BrNS/c12-10-5-6-11(13-7-14)9-4-2-1-3-8(9)10/h1-6H. The lowest BCUT2D eigenvalue weighted by Crippen LogP contribution is -1.74. The van der Waals surface area contributed by atoms with E-state index in [1.807, 2.05) is 36.4 Å². The SMILES string of the molecule is S=C=Nc1ccc(Br)c2ccccc12. The topological polar surface area (TPSA) is 12.4 Å². The van der Waals surface area contributed by atoms with E-state index in [9.17, 15) is 0 Å². The molecule has 0 spiro atoms. The third kappa shape index (κ3) is 1.62. The smallest absolute Gasteiger partial charge is 0.0818 e. The van der Waals surface area contributed by atoms with Crippen LogP contribution in [0.1, 0.15) is 0 Å². The molecule has 2 aromatic rings. The molecule has 0 fully saturated rings. The average Bonchev–Trinajstić information content (AvgIpc) is 2.23. The fraction of sp³-hybridized carbons (Fsp3) is 0. The highest BCUT2D eigenvalue weighted by Crippen LogP contribution is 2.31. The molecule has 0 saturated carbocycles. The second-order valence-electron chi connectivity index (χ2n) is 2.82. The highest BCUT2D eigenvalue weighted by molar-refractivity contribution is 9.10. The van der Waals surface area contributed by atoms with Crippen LogP contribution in [0.2, 0.25) is 0 Å². The molecule has 68 valence electrons. The first-order valence-corrected chi connectivity index (χ1v) is 5.28. The summed E-state index contributed by atoms with van der Waals surface area (Å²) < 4.78 is 1.07. The molecule has 0 N–H and O–H groups in total. The van der Waals surface area contributed by atoms with Crippen LogP contribution in [0.15, 0.2) is 45.9 Å². The quantitative estimate of drug-likeness (QED) is 0.551. The summed E-state index contributed by atoms with van der Waals surface area (Å²) in [5.74, 6) is 0. The number of isothiocyanates is 1. The maximum Gasteiger partial charge on any atom is 0.0818 e. The summed E-state index contributed by atoms with van der Waals surface area (Å²) in [7, 11) is 0. The van der Waals surface area contributed by atoms with E-state index in [4.69, 9.17) is 0 Å². The van der Waals surface area contributed by atoms with Crippen molar-refractivity contribution in [2.24, 2.45) is 4.99 Å². The molecule has 0 aliphatic heterocycles. The number of hydrogen-bond donors (Lipinski definition) is 0. The Morgan fingerprint density at radius 3 is 2.50 bits per heavy atom. The van der Waals surface area contributed by atoms with E-state index in [1.165, 1.54) is 0 Å². The lowest BCUT2D eigenvalue weighted by Gasteiger charge is -2.02. The molecule has 0 radical (unpaired) electrons. The van der Waals surface area contributed by atoms with Crippen molar-refractivity contribution in [2.75, 3.05) is 0 Å². The zero-order chi connectivity index (χ0) is 9.97. The minimum Gasteiger partial charge on any atom is -0.194 e. The van der Waals surface area contributed by atoms with E-state index in [2.05, 4.69) is 38.3 Å². The summed E-state index contributed by atoms with van der Waals surface area (Å²) in [6.45, 7) is 0. The lowest BCUT2D eigenvalue weighted by molar-refractivity contribution is 1.58. The second-order valence-corrected chi connectivity index (χ2v) is 3.85. The zero-order valence-corrected chi connectivity index (χ0v) is 9.60. The molecule has 0 aromatic heterocycles. The van der Waals surface area contributed by atoms with E-state index < -0.39 is 0 Å². The van der Waals surface area contributed by atoms with Gasteiger partial charge < -0.3 is 0 Å². The normalized spacial score (nSPS) is 9.79. The highest BCUT2D eigenvalue weighted by Gasteiger charge is 2.01. The highest BCUT2D eigenvalue weighted by atomic mass is 79.9. The summed E-state index contributed by atoms with van der Waals surface area (Å²) in [6, 6.07) is 11.9. The fourth-order valence-electron chi connectivity index (χ4n) is 1.39. The van der Waals surface area contributed by atoms with Crippen molar-refractivity contribution in [3.8, 4) is 0 Å². The Morgan fingerprint density at radius 2 is 1.79 bits per heavy atom. The first kappa shape index (κ1) is 9.53. The zero-order valence-electron chi connectivity index (χ0n) is 7.20. The molecule has 0 amide bonds. The van der Waals surface area contributed by atoms with E-state index in [1.54, 1.807) is 0 Å². The second kappa shape index (κ2) is 4.01. The Labute approximate surface area is 95.6 Å². The summed E-state index contributed by atoms with van der Waals surface area (Å²) in [4.78, 5) is 4.02. The van der Waals surface area contributed by atoms with Gasteiger partial charge in [0.25, 0.3) is 0 Å². The van der Waals surface area contributed by atoms with Crippen LogP contribution in [-0.4, -0.2) is 5.16 Å². The van der Waals surface area contributed by atoms with Gasteiger partial charge in [-0.15, -0.1) is 0 Å². The van der Waals surface area contributed by atoms with Crippen LogP contribution in [0, 0.1) is 0 Å². The third-order valence-electron chi connectivity index (χ3n) is 2.01. The van der Waals surface area contributed by atoms with Gasteiger partial charge in [-0.3, -0.25) is 0 Å². The summed E-state index contributed by atoms with van der Waals surface area (Å²) in [5, 5.41) is 4.61. The van der Waals surface area contributed by atoms with Crippen LogP contribution >= 0.6 is 28.1 Å². The van der Waals surface area contributed by atoms with Gasteiger partial charge >= 0.3 is 0 Å². The molecule has 2 aromatic carbocycles. The van der Waals surface area contributed by atoms with Gasteiger partial charge in [0.15, 0.2) is 0 Å². The van der Waals surface area contributed by atoms with Gasteiger partial charge in [0, 0.05) is 9.86 Å². The van der Waals surface area contributed by atoms with E-state index in [-0.39, 0.29) is 0 Å². The number of halogens is 1. The average molecular weight is 264 g/mol. The first-order valence-electron chi connectivity index (χ1n) is 4.08. The van der Waals surface area contributed by atoms with Gasteiger partial charge in [-0.2, -0.15) is 4.99 Å². The minimum absolute atomic E-state index is 0.860. The molecule has 0 aliphatic carbocycles. The number of hydrogen-bond acceptors (Lipinski definition) is 2. The van der Waals surface area contributed by atoms with Crippen molar-refractivity contribution in [1.29, 1.82) is 0 Å². The van der Waals surface area contributed by atoms with Crippen molar-refractivity contribution in [1.82, 2.24) is 0 Å². The van der Waals surface area contributed by atoms with Crippen LogP contribution in [0.4, 0.5) is 5.69 Å². The van der Waals surface area contributed by atoms with Crippen LogP contribution < -0.4 is 0 Å². The van der Waals surface area contributed by atoms with Crippen molar-refractivity contribution in [3.05, 3.63) is 40.9 Å². The number of benzene rings is 2. The maximum atomic E-state index is 4.60. The number of aliphatic imine (C=N–C) groups is 1.